The van der Waals surface area contributed by atoms with Crippen LogP contribution in [0.15, 0.2) is 233 Å². The van der Waals surface area contributed by atoms with Crippen LogP contribution < -0.4 is 4.90 Å². The van der Waals surface area contributed by atoms with Gasteiger partial charge in [0, 0.05) is 47.5 Å². The third-order valence-electron chi connectivity index (χ3n) is 12.7. The summed E-state index contributed by atoms with van der Waals surface area (Å²) >= 11 is 1.86. The number of para-hydroxylation sites is 3. The van der Waals surface area contributed by atoms with Crippen molar-refractivity contribution < 1.29 is 8.83 Å². The maximum absolute atomic E-state index is 7.05. The molecule has 0 radical (unpaired) electrons. The molecule has 0 unspecified atom stereocenters. The average molecular weight is 836 g/mol. The third kappa shape index (κ3) is 5.73. The van der Waals surface area contributed by atoms with E-state index in [0.29, 0.717) is 0 Å². The van der Waals surface area contributed by atoms with Gasteiger partial charge in [-0.05, 0) is 69.8 Å². The average Bonchev–Trinajstić information content (AvgIpc) is 4.07. The highest BCUT2D eigenvalue weighted by Gasteiger charge is 2.30. The molecule has 0 aliphatic carbocycles. The molecule has 0 aliphatic heterocycles. The lowest BCUT2D eigenvalue weighted by Gasteiger charge is -2.30. The minimum Gasteiger partial charge on any atom is -0.455 e. The largest absolute Gasteiger partial charge is 0.455 e. The first kappa shape index (κ1) is 36.5. The summed E-state index contributed by atoms with van der Waals surface area (Å²) in [5, 5.41) is 6.61. The number of hydrogen-bond donors (Lipinski definition) is 0. The first-order chi connectivity index (χ1) is 31.8. The monoisotopic (exact) mass is 835 g/mol. The number of anilines is 3. The lowest BCUT2D eigenvalue weighted by atomic mass is 9.95. The zero-order chi connectivity index (χ0) is 42.1. The summed E-state index contributed by atoms with van der Waals surface area (Å²) in [5.41, 5.74) is 15.5. The maximum Gasteiger partial charge on any atom is 0.159 e. The van der Waals surface area contributed by atoms with E-state index in [1.807, 2.05) is 17.4 Å². The van der Waals surface area contributed by atoms with E-state index in [-0.39, 0.29) is 0 Å². The van der Waals surface area contributed by atoms with E-state index in [1.165, 1.54) is 42.4 Å². The number of benzene rings is 10. The molecule has 3 nitrogen and oxygen atoms in total. The van der Waals surface area contributed by atoms with E-state index < -0.39 is 0 Å². The van der Waals surface area contributed by atoms with Gasteiger partial charge in [0.15, 0.2) is 5.58 Å². The van der Waals surface area contributed by atoms with Crippen LogP contribution >= 0.6 is 11.3 Å². The standard InChI is InChI=1S/C60H37NO2S/c1-5-17-38(18-6-1)42-31-32-48-54(37-42)64-60-45(41-23-11-4-12-24-41)33-35-50(55(48)60)61(51-29-16-27-47-46-25-13-14-30-52(46)62-59(47)51)57-43(39-19-7-2-8-20-39)34-36-53-56(57)49-28-15-26-44(58(49)63-53)40-21-9-3-10-22-40/h1-37H. The predicted octanol–water partition coefficient (Wildman–Crippen LogP) is 18.0. The Morgan fingerprint density at radius 3 is 1.67 bits per heavy atom. The molecule has 64 heavy (non-hydrogen) atoms. The molecule has 13 rings (SSSR count). The summed E-state index contributed by atoms with van der Waals surface area (Å²) in [7, 11) is 0. The van der Waals surface area contributed by atoms with Gasteiger partial charge >= 0.3 is 0 Å². The second kappa shape index (κ2) is 14.7. The van der Waals surface area contributed by atoms with Crippen LogP contribution in [-0.2, 0) is 0 Å². The number of rotatable bonds is 7. The predicted molar refractivity (Wildman–Crippen MR) is 270 cm³/mol. The SMILES string of the molecule is c1ccc(-c2ccc3c(c2)sc2c(-c4ccccc4)ccc(N(c4cccc5c4oc4ccccc45)c4c(-c5ccccc5)ccc5oc6c(-c7ccccc7)cccc6c45)c23)cc1. The van der Waals surface area contributed by atoms with E-state index in [4.69, 9.17) is 8.83 Å². The van der Waals surface area contributed by atoms with Gasteiger partial charge in [0.1, 0.15) is 16.7 Å². The first-order valence-electron chi connectivity index (χ1n) is 21.7. The minimum atomic E-state index is 0.815. The highest BCUT2D eigenvalue weighted by Crippen LogP contribution is 2.55. The van der Waals surface area contributed by atoms with Crippen molar-refractivity contribution in [2.45, 2.75) is 0 Å². The van der Waals surface area contributed by atoms with Gasteiger partial charge in [-0.15, -0.1) is 11.3 Å². The van der Waals surface area contributed by atoms with Crippen molar-refractivity contribution >= 4 is 92.4 Å². The summed E-state index contributed by atoms with van der Waals surface area (Å²) in [6.45, 7) is 0. The second-order valence-electron chi connectivity index (χ2n) is 16.3. The van der Waals surface area contributed by atoms with Crippen LogP contribution in [0.3, 0.4) is 0 Å². The van der Waals surface area contributed by atoms with Gasteiger partial charge in [0.25, 0.3) is 0 Å². The zero-order valence-corrected chi connectivity index (χ0v) is 35.4. The lowest BCUT2D eigenvalue weighted by Crippen LogP contribution is -2.12. The van der Waals surface area contributed by atoms with Crippen molar-refractivity contribution in [1.82, 2.24) is 0 Å². The molecule has 0 N–H and O–H groups in total. The van der Waals surface area contributed by atoms with Crippen LogP contribution in [0, 0.1) is 0 Å². The van der Waals surface area contributed by atoms with Crippen LogP contribution in [-0.4, -0.2) is 0 Å². The molecule has 0 atom stereocenters. The summed E-state index contributed by atoms with van der Waals surface area (Å²) in [4.78, 5) is 2.48. The lowest BCUT2D eigenvalue weighted by molar-refractivity contribution is 0.668. The van der Waals surface area contributed by atoms with Crippen molar-refractivity contribution in [2.24, 2.45) is 0 Å². The Hall–Kier alpha value is -8.18. The molecule has 300 valence electrons. The minimum absolute atomic E-state index is 0.815. The highest BCUT2D eigenvalue weighted by molar-refractivity contribution is 7.26. The molecule has 0 saturated carbocycles. The molecule has 10 aromatic carbocycles. The van der Waals surface area contributed by atoms with Crippen LogP contribution in [0.2, 0.25) is 0 Å². The van der Waals surface area contributed by atoms with Gasteiger partial charge < -0.3 is 13.7 Å². The van der Waals surface area contributed by atoms with Gasteiger partial charge in [-0.3, -0.25) is 0 Å². The maximum atomic E-state index is 7.05. The normalized spacial score (nSPS) is 11.8. The van der Waals surface area contributed by atoms with E-state index in [2.05, 4.69) is 223 Å². The zero-order valence-electron chi connectivity index (χ0n) is 34.5. The third-order valence-corrected chi connectivity index (χ3v) is 13.9. The Bertz CT molecular complexity index is 3890. The number of hydrogen-bond acceptors (Lipinski definition) is 4. The fourth-order valence-electron chi connectivity index (χ4n) is 9.78. The molecule has 3 aromatic heterocycles. The fraction of sp³-hybridized carbons (Fsp3) is 0. The summed E-state index contributed by atoms with van der Waals surface area (Å²) in [6, 6.07) is 80.2. The van der Waals surface area contributed by atoms with Crippen LogP contribution in [0.5, 0.6) is 0 Å². The smallest absolute Gasteiger partial charge is 0.159 e. The molecule has 0 fully saturated rings. The van der Waals surface area contributed by atoms with Crippen LogP contribution in [0.1, 0.15) is 0 Å². The van der Waals surface area contributed by atoms with Crippen molar-refractivity contribution in [3.05, 3.63) is 224 Å². The first-order valence-corrected chi connectivity index (χ1v) is 22.5. The molecule has 13 aromatic rings. The van der Waals surface area contributed by atoms with E-state index in [0.717, 1.165) is 83.2 Å². The van der Waals surface area contributed by atoms with Crippen molar-refractivity contribution in [1.29, 1.82) is 0 Å². The molecule has 0 spiro atoms. The van der Waals surface area contributed by atoms with Gasteiger partial charge in [-0.2, -0.15) is 0 Å². The Morgan fingerprint density at radius 1 is 0.328 bits per heavy atom. The number of thiophene rings is 1. The summed E-state index contributed by atoms with van der Waals surface area (Å²) in [6.07, 6.45) is 0. The topological polar surface area (TPSA) is 29.5 Å². The summed E-state index contributed by atoms with van der Waals surface area (Å²) < 4.78 is 16.5. The van der Waals surface area contributed by atoms with Gasteiger partial charge in [-0.25, -0.2) is 0 Å². The Balaban J connectivity index is 1.21. The molecule has 4 heteroatoms. The van der Waals surface area contributed by atoms with Crippen molar-refractivity contribution in [3.8, 4) is 44.5 Å². The Labute approximate surface area is 373 Å². The van der Waals surface area contributed by atoms with Gasteiger partial charge in [0.2, 0.25) is 0 Å². The van der Waals surface area contributed by atoms with Crippen molar-refractivity contribution in [2.75, 3.05) is 4.90 Å². The molecule has 0 bridgehead atoms. The Kier molecular flexibility index (Phi) is 8.40. The van der Waals surface area contributed by atoms with Gasteiger partial charge in [-0.1, -0.05) is 188 Å². The van der Waals surface area contributed by atoms with E-state index >= 15 is 0 Å². The Morgan fingerprint density at radius 2 is 0.922 bits per heavy atom. The van der Waals surface area contributed by atoms with E-state index in [1.54, 1.807) is 0 Å². The molecular weight excluding hydrogens is 799 g/mol. The van der Waals surface area contributed by atoms with E-state index in [9.17, 15) is 0 Å². The summed E-state index contributed by atoms with van der Waals surface area (Å²) in [5.74, 6) is 0. The van der Waals surface area contributed by atoms with Crippen molar-refractivity contribution in [3.63, 3.8) is 0 Å². The highest BCUT2D eigenvalue weighted by atomic mass is 32.1. The number of nitrogens with zero attached hydrogens (tertiary/aromatic N) is 1. The molecule has 0 aliphatic rings. The second-order valence-corrected chi connectivity index (χ2v) is 17.4. The fourth-order valence-corrected chi connectivity index (χ4v) is 11.1. The number of fused-ring (bicyclic) bond motifs is 9. The van der Waals surface area contributed by atoms with Crippen LogP contribution in [0.25, 0.3) is 109 Å². The quantitative estimate of drug-likeness (QED) is 0.160. The molecule has 0 saturated heterocycles. The number of furan rings is 2. The molecule has 3 heterocycles. The van der Waals surface area contributed by atoms with Gasteiger partial charge in [0.05, 0.1) is 22.4 Å². The molecular formula is C60H37NO2S. The van der Waals surface area contributed by atoms with Crippen LogP contribution in [0.4, 0.5) is 17.1 Å². The molecule has 0 amide bonds.